The van der Waals surface area contributed by atoms with Gasteiger partial charge in [-0.1, -0.05) is 60.7 Å². The first kappa shape index (κ1) is 16.1. The van der Waals surface area contributed by atoms with Crippen molar-refractivity contribution in [2.24, 2.45) is 4.99 Å². The molecule has 0 aliphatic carbocycles. The molecule has 0 saturated heterocycles. The zero-order chi connectivity index (χ0) is 17.8. The van der Waals surface area contributed by atoms with Gasteiger partial charge in [-0.3, -0.25) is 4.99 Å². The quantitative estimate of drug-likeness (QED) is 0.395. The van der Waals surface area contributed by atoms with Crippen LogP contribution in [0.5, 0.6) is 0 Å². The summed E-state index contributed by atoms with van der Waals surface area (Å²) in [7, 11) is 0. The predicted molar refractivity (Wildman–Crippen MR) is 110 cm³/mol. The van der Waals surface area contributed by atoms with Crippen LogP contribution in [0.4, 0.5) is 5.69 Å². The molecule has 0 amide bonds. The third-order valence-corrected chi connectivity index (χ3v) is 4.44. The fourth-order valence-corrected chi connectivity index (χ4v) is 3.10. The summed E-state index contributed by atoms with van der Waals surface area (Å²) in [5, 5.41) is 0. The van der Waals surface area contributed by atoms with Gasteiger partial charge in [0, 0.05) is 11.4 Å². The number of rotatable bonds is 4. The van der Waals surface area contributed by atoms with Crippen molar-refractivity contribution in [1.82, 2.24) is 4.57 Å². The number of benzene rings is 3. The van der Waals surface area contributed by atoms with Gasteiger partial charge < -0.3 is 4.57 Å². The molecule has 0 N–H and O–H groups in total. The van der Waals surface area contributed by atoms with Crippen molar-refractivity contribution in [2.45, 2.75) is 6.92 Å². The highest BCUT2D eigenvalue weighted by Gasteiger charge is 2.05. The van der Waals surface area contributed by atoms with E-state index < -0.39 is 0 Å². The highest BCUT2D eigenvalue weighted by atomic mass is 15.0. The van der Waals surface area contributed by atoms with E-state index in [0.29, 0.717) is 0 Å². The summed E-state index contributed by atoms with van der Waals surface area (Å²) in [5.41, 5.74) is 6.78. The summed E-state index contributed by atoms with van der Waals surface area (Å²) < 4.78 is 2.21. The van der Waals surface area contributed by atoms with Crippen molar-refractivity contribution in [3.05, 3.63) is 108 Å². The number of hydrogen-bond donors (Lipinski definition) is 0. The van der Waals surface area contributed by atoms with Crippen molar-refractivity contribution < 1.29 is 0 Å². The molecule has 0 spiro atoms. The Kier molecular flexibility index (Phi) is 4.48. The molecule has 3 aromatic carbocycles. The van der Waals surface area contributed by atoms with Gasteiger partial charge in [0.2, 0.25) is 0 Å². The van der Waals surface area contributed by atoms with Crippen molar-refractivity contribution in [1.29, 1.82) is 0 Å². The maximum absolute atomic E-state index is 4.66. The molecule has 0 saturated carbocycles. The Balaban J connectivity index is 1.60. The largest absolute Gasteiger partial charge is 0.313 e. The van der Waals surface area contributed by atoms with Crippen LogP contribution >= 0.6 is 0 Å². The number of hydrogen-bond acceptors (Lipinski definition) is 1. The van der Waals surface area contributed by atoms with Gasteiger partial charge in [0.15, 0.2) is 0 Å². The summed E-state index contributed by atoms with van der Waals surface area (Å²) in [4.78, 5) is 4.66. The van der Waals surface area contributed by atoms with Crippen LogP contribution in [0.15, 0.2) is 102 Å². The monoisotopic (exact) mass is 336 g/mol. The van der Waals surface area contributed by atoms with Crippen LogP contribution in [0.2, 0.25) is 0 Å². The smallest absolute Gasteiger partial charge is 0.0641 e. The van der Waals surface area contributed by atoms with Crippen LogP contribution in [-0.2, 0) is 0 Å². The number of aryl methyl sites for hydroxylation is 1. The first-order chi connectivity index (χ1) is 12.8. The molecule has 2 nitrogen and oxygen atoms in total. The summed E-state index contributed by atoms with van der Waals surface area (Å²) in [6, 6.07) is 33.3. The fraction of sp³-hybridized carbons (Fsp3) is 0.0417. The number of para-hydroxylation sites is 1. The average Bonchev–Trinajstić information content (AvgIpc) is 3.08. The first-order valence-corrected chi connectivity index (χ1v) is 8.74. The molecule has 4 aromatic rings. The minimum absolute atomic E-state index is 0.947. The maximum atomic E-state index is 4.66. The fourth-order valence-electron chi connectivity index (χ4n) is 3.10. The van der Waals surface area contributed by atoms with E-state index >= 15 is 0 Å². The van der Waals surface area contributed by atoms with Gasteiger partial charge in [-0.15, -0.1) is 0 Å². The predicted octanol–water partition coefficient (Wildman–Crippen LogP) is 6.20. The van der Waals surface area contributed by atoms with E-state index in [2.05, 4.69) is 101 Å². The second-order valence-corrected chi connectivity index (χ2v) is 6.24. The zero-order valence-corrected chi connectivity index (χ0v) is 14.7. The Morgan fingerprint density at radius 1 is 0.654 bits per heavy atom. The summed E-state index contributed by atoms with van der Waals surface area (Å²) in [6.45, 7) is 2.11. The molecule has 26 heavy (non-hydrogen) atoms. The Labute approximate surface area is 154 Å². The van der Waals surface area contributed by atoms with Crippen LogP contribution < -0.4 is 0 Å². The second-order valence-electron chi connectivity index (χ2n) is 6.24. The molecule has 0 aliphatic rings. The van der Waals surface area contributed by atoms with Gasteiger partial charge in [0.1, 0.15) is 0 Å². The van der Waals surface area contributed by atoms with E-state index in [9.17, 15) is 0 Å². The molecule has 0 atom stereocenters. The SMILES string of the molecule is Cc1ccc(C=Nc2ccc(-c3ccccc3)cc2)n1-c1ccccc1. The van der Waals surface area contributed by atoms with Crippen LogP contribution in [0, 0.1) is 6.92 Å². The highest BCUT2D eigenvalue weighted by Crippen LogP contribution is 2.23. The van der Waals surface area contributed by atoms with Crippen molar-refractivity contribution in [3.8, 4) is 16.8 Å². The summed E-state index contributed by atoms with van der Waals surface area (Å²) in [6.07, 6.45) is 1.93. The molecule has 0 unspecified atom stereocenters. The molecule has 0 fully saturated rings. The lowest BCUT2D eigenvalue weighted by molar-refractivity contribution is 1.01. The molecular weight excluding hydrogens is 316 g/mol. The molecule has 1 aromatic heterocycles. The lowest BCUT2D eigenvalue weighted by Crippen LogP contribution is -2.00. The van der Waals surface area contributed by atoms with E-state index in [1.807, 2.05) is 18.3 Å². The van der Waals surface area contributed by atoms with Gasteiger partial charge >= 0.3 is 0 Å². The van der Waals surface area contributed by atoms with E-state index in [1.54, 1.807) is 0 Å². The minimum Gasteiger partial charge on any atom is -0.313 e. The van der Waals surface area contributed by atoms with Crippen LogP contribution in [0.3, 0.4) is 0 Å². The van der Waals surface area contributed by atoms with Crippen molar-refractivity contribution >= 4 is 11.9 Å². The van der Waals surface area contributed by atoms with Crippen LogP contribution in [0.25, 0.3) is 16.8 Å². The Morgan fingerprint density at radius 2 is 1.27 bits per heavy atom. The highest BCUT2D eigenvalue weighted by molar-refractivity contribution is 5.81. The summed E-state index contributed by atoms with van der Waals surface area (Å²) in [5.74, 6) is 0. The van der Waals surface area contributed by atoms with Gasteiger partial charge in [0.25, 0.3) is 0 Å². The molecule has 4 rings (SSSR count). The Hall–Kier alpha value is -3.39. The van der Waals surface area contributed by atoms with Gasteiger partial charge in [-0.2, -0.15) is 0 Å². The van der Waals surface area contributed by atoms with Crippen LogP contribution in [-0.4, -0.2) is 10.8 Å². The molecule has 0 aliphatic heterocycles. The molecule has 126 valence electrons. The number of nitrogens with zero attached hydrogens (tertiary/aromatic N) is 2. The van der Waals surface area contributed by atoms with Crippen molar-refractivity contribution in [2.75, 3.05) is 0 Å². The Bertz CT molecular complexity index is 1010. The summed E-state index contributed by atoms with van der Waals surface area (Å²) >= 11 is 0. The lowest BCUT2D eigenvalue weighted by Gasteiger charge is -2.09. The van der Waals surface area contributed by atoms with Gasteiger partial charge in [-0.25, -0.2) is 0 Å². The number of aliphatic imine (C=N–C) groups is 1. The van der Waals surface area contributed by atoms with Gasteiger partial charge in [-0.05, 0) is 54.4 Å². The Morgan fingerprint density at radius 3 is 1.96 bits per heavy atom. The number of aromatic nitrogens is 1. The van der Waals surface area contributed by atoms with E-state index in [0.717, 1.165) is 17.1 Å². The normalized spacial score (nSPS) is 11.1. The first-order valence-electron chi connectivity index (χ1n) is 8.74. The molecule has 0 bridgehead atoms. The van der Waals surface area contributed by atoms with E-state index in [4.69, 9.17) is 0 Å². The van der Waals surface area contributed by atoms with Gasteiger partial charge in [0.05, 0.1) is 17.6 Å². The lowest BCUT2D eigenvalue weighted by atomic mass is 10.1. The van der Waals surface area contributed by atoms with E-state index in [-0.39, 0.29) is 0 Å². The van der Waals surface area contributed by atoms with Crippen LogP contribution in [0.1, 0.15) is 11.4 Å². The van der Waals surface area contributed by atoms with Crippen molar-refractivity contribution in [3.63, 3.8) is 0 Å². The average molecular weight is 336 g/mol. The van der Waals surface area contributed by atoms with E-state index in [1.165, 1.54) is 16.8 Å². The third-order valence-electron chi connectivity index (χ3n) is 4.44. The maximum Gasteiger partial charge on any atom is 0.0641 e. The molecular formula is C24H20N2. The standard InChI is InChI=1S/C24H20N2/c1-19-12-17-24(26(19)23-10-6-3-7-11-23)18-25-22-15-13-21(14-16-22)20-8-4-2-5-9-20/h2-18H,1H3. The second kappa shape index (κ2) is 7.24. The molecule has 1 heterocycles. The molecule has 0 radical (unpaired) electrons. The molecule has 2 heteroatoms. The minimum atomic E-state index is 0.947. The third kappa shape index (κ3) is 3.35. The zero-order valence-electron chi connectivity index (χ0n) is 14.7. The topological polar surface area (TPSA) is 17.3 Å².